The number of ether oxygens (including phenoxy) is 1. The lowest BCUT2D eigenvalue weighted by atomic mass is 9.94. The highest BCUT2D eigenvalue weighted by atomic mass is 35.5. The van der Waals surface area contributed by atoms with E-state index in [1.165, 1.54) is 6.21 Å². The molecule has 0 radical (unpaired) electrons. The largest absolute Gasteiger partial charge is 0.444 e. The molecule has 2 heterocycles. The van der Waals surface area contributed by atoms with Crippen molar-refractivity contribution >= 4 is 46.8 Å². The maximum atomic E-state index is 12.3. The Bertz CT molecular complexity index is 793. The molecule has 2 aliphatic heterocycles. The Balaban J connectivity index is 2.00. The topological polar surface area (TPSA) is 91.8 Å². The van der Waals surface area contributed by atoms with Gasteiger partial charge in [0, 0.05) is 27.5 Å². The van der Waals surface area contributed by atoms with Crippen molar-refractivity contribution in [3.05, 3.63) is 28.3 Å². The molecule has 8 heteroatoms. The van der Waals surface area contributed by atoms with Crippen LogP contribution < -0.4 is 16.1 Å². The van der Waals surface area contributed by atoms with Gasteiger partial charge in [0.2, 0.25) is 0 Å². The smallest absolute Gasteiger partial charge is 0.412 e. The van der Waals surface area contributed by atoms with Crippen molar-refractivity contribution in [3.8, 4) is 0 Å². The second-order valence-corrected chi connectivity index (χ2v) is 6.90. The maximum Gasteiger partial charge on any atom is 0.412 e. The number of hydrogen-bond donors (Lipinski definition) is 3. The summed E-state index contributed by atoms with van der Waals surface area (Å²) in [7, 11) is 0. The Kier molecular flexibility index (Phi) is 3.96. The van der Waals surface area contributed by atoms with Gasteiger partial charge in [-0.05, 0) is 32.9 Å². The quantitative estimate of drug-likeness (QED) is 0.727. The number of carbonyl (C=O) groups is 2. The molecule has 3 rings (SSSR count). The van der Waals surface area contributed by atoms with Crippen LogP contribution in [0.15, 0.2) is 22.3 Å². The normalized spacial score (nSPS) is 15.9. The van der Waals surface area contributed by atoms with E-state index >= 15 is 0 Å². The highest BCUT2D eigenvalue weighted by Gasteiger charge is 2.27. The Morgan fingerprint density at radius 1 is 1.38 bits per heavy atom. The molecule has 3 N–H and O–H groups in total. The van der Waals surface area contributed by atoms with Crippen molar-refractivity contribution in [2.45, 2.75) is 26.4 Å². The van der Waals surface area contributed by atoms with Crippen molar-refractivity contribution in [1.82, 2.24) is 5.43 Å². The summed E-state index contributed by atoms with van der Waals surface area (Å²) in [4.78, 5) is 24.2. The van der Waals surface area contributed by atoms with Crippen LogP contribution in [0.4, 0.5) is 16.2 Å². The molecule has 24 heavy (non-hydrogen) atoms. The van der Waals surface area contributed by atoms with Gasteiger partial charge in [-0.25, -0.2) is 10.2 Å². The minimum absolute atomic E-state index is 0.372. The van der Waals surface area contributed by atoms with Gasteiger partial charge in [0.25, 0.3) is 5.91 Å². The molecule has 0 saturated carbocycles. The number of hydrogen-bond acceptors (Lipinski definition) is 5. The van der Waals surface area contributed by atoms with Crippen molar-refractivity contribution in [2.24, 2.45) is 5.10 Å². The van der Waals surface area contributed by atoms with Gasteiger partial charge in [-0.15, -0.1) is 0 Å². The Morgan fingerprint density at radius 2 is 2.12 bits per heavy atom. The zero-order valence-electron chi connectivity index (χ0n) is 13.5. The molecule has 1 aromatic carbocycles. The van der Waals surface area contributed by atoms with Crippen LogP contribution in [-0.2, 0) is 4.74 Å². The molecular formula is C16H17ClN4O3. The highest BCUT2D eigenvalue weighted by Crippen LogP contribution is 2.37. The van der Waals surface area contributed by atoms with E-state index in [0.717, 1.165) is 0 Å². The van der Waals surface area contributed by atoms with Gasteiger partial charge in [0.15, 0.2) is 0 Å². The molecule has 2 aliphatic rings. The molecular weight excluding hydrogens is 332 g/mol. The molecule has 0 aliphatic carbocycles. The van der Waals surface area contributed by atoms with Crippen molar-refractivity contribution in [3.63, 3.8) is 0 Å². The summed E-state index contributed by atoms with van der Waals surface area (Å²) >= 11 is 6.23. The number of allylic oxidation sites excluding steroid dienone is 1. The first-order chi connectivity index (χ1) is 11.2. The summed E-state index contributed by atoms with van der Waals surface area (Å²) in [5.41, 5.74) is 4.67. The number of rotatable bonds is 1. The van der Waals surface area contributed by atoms with Crippen LogP contribution in [0.1, 0.15) is 36.7 Å². The van der Waals surface area contributed by atoms with E-state index in [1.807, 2.05) is 0 Å². The van der Waals surface area contributed by atoms with Crippen LogP contribution in [0.25, 0.3) is 5.57 Å². The minimum atomic E-state index is -0.614. The zero-order valence-corrected chi connectivity index (χ0v) is 14.2. The van der Waals surface area contributed by atoms with E-state index in [9.17, 15) is 9.59 Å². The maximum absolute atomic E-state index is 12.3. The number of nitrogens with one attached hydrogen (secondary N) is 3. The molecule has 0 unspecified atom stereocenters. The lowest BCUT2D eigenvalue weighted by molar-refractivity contribution is 0.0635. The summed E-state index contributed by atoms with van der Waals surface area (Å²) < 4.78 is 5.24. The molecule has 0 bridgehead atoms. The van der Waals surface area contributed by atoms with E-state index in [0.29, 0.717) is 39.7 Å². The summed E-state index contributed by atoms with van der Waals surface area (Å²) in [6.45, 7) is 5.75. The third kappa shape index (κ3) is 3.21. The van der Waals surface area contributed by atoms with Crippen LogP contribution in [0.5, 0.6) is 0 Å². The van der Waals surface area contributed by atoms with Crippen LogP contribution in [-0.4, -0.2) is 30.4 Å². The molecule has 1 aromatic rings. The molecule has 7 nitrogen and oxygen atoms in total. The van der Waals surface area contributed by atoms with Crippen LogP contribution in [0.3, 0.4) is 0 Å². The van der Waals surface area contributed by atoms with E-state index in [2.05, 4.69) is 21.2 Å². The van der Waals surface area contributed by atoms with Gasteiger partial charge in [0.05, 0.1) is 18.3 Å². The third-order valence-electron chi connectivity index (χ3n) is 3.38. The molecule has 2 amide bonds. The van der Waals surface area contributed by atoms with E-state index in [1.54, 1.807) is 32.9 Å². The first kappa shape index (κ1) is 16.3. The predicted molar refractivity (Wildman–Crippen MR) is 93.5 cm³/mol. The number of amides is 2. The molecule has 0 atom stereocenters. The number of anilines is 2. The van der Waals surface area contributed by atoms with Crippen LogP contribution in [0.2, 0.25) is 0 Å². The van der Waals surface area contributed by atoms with E-state index in [-0.39, 0.29) is 5.91 Å². The Labute approximate surface area is 144 Å². The Morgan fingerprint density at radius 3 is 2.83 bits per heavy atom. The van der Waals surface area contributed by atoms with Crippen molar-refractivity contribution in [2.75, 3.05) is 17.2 Å². The molecule has 0 saturated heterocycles. The van der Waals surface area contributed by atoms with E-state index in [4.69, 9.17) is 16.3 Å². The van der Waals surface area contributed by atoms with Gasteiger partial charge in [-0.2, -0.15) is 5.10 Å². The number of nitrogens with zero attached hydrogens (tertiary/aromatic N) is 1. The Hall–Kier alpha value is -2.54. The van der Waals surface area contributed by atoms with Gasteiger partial charge in [-0.3, -0.25) is 10.1 Å². The summed E-state index contributed by atoms with van der Waals surface area (Å²) in [6, 6.07) is 3.31. The standard InChI is InChI=1S/C16H17ClN4O3/c1-16(2,3)24-15(23)20-8-4-9-13-10(6-19-21-14(9)22)11(17)7-18-12(13)5-8/h4-6,18H,7H2,1-3H3,(H,20,23)(H,21,22). The fraction of sp³-hybridized carbons (Fsp3) is 0.312. The minimum Gasteiger partial charge on any atom is -0.444 e. The van der Waals surface area contributed by atoms with Gasteiger partial charge < -0.3 is 10.1 Å². The lowest BCUT2D eigenvalue weighted by Gasteiger charge is -2.23. The molecule has 126 valence electrons. The second-order valence-electron chi connectivity index (χ2n) is 6.44. The van der Waals surface area contributed by atoms with Gasteiger partial charge >= 0.3 is 6.09 Å². The fourth-order valence-corrected chi connectivity index (χ4v) is 2.71. The van der Waals surface area contributed by atoms with Crippen LogP contribution >= 0.6 is 11.6 Å². The second kappa shape index (κ2) is 5.83. The van der Waals surface area contributed by atoms with Gasteiger partial charge in [-0.1, -0.05) is 11.6 Å². The third-order valence-corrected chi connectivity index (χ3v) is 3.72. The van der Waals surface area contributed by atoms with Crippen LogP contribution in [0, 0.1) is 0 Å². The van der Waals surface area contributed by atoms with Crippen molar-refractivity contribution in [1.29, 1.82) is 0 Å². The summed E-state index contributed by atoms with van der Waals surface area (Å²) in [5.74, 6) is -0.376. The van der Waals surface area contributed by atoms with E-state index < -0.39 is 11.7 Å². The molecule has 0 spiro atoms. The summed E-state index contributed by atoms with van der Waals surface area (Å²) in [6.07, 6.45) is 0.932. The monoisotopic (exact) mass is 348 g/mol. The fourth-order valence-electron chi connectivity index (χ4n) is 2.50. The SMILES string of the molecule is CC(C)(C)OC(=O)Nc1cc2c3c(c1)C(=O)NN=CC3=C(Cl)CN2. The highest BCUT2D eigenvalue weighted by molar-refractivity contribution is 6.39. The van der Waals surface area contributed by atoms with Crippen molar-refractivity contribution < 1.29 is 14.3 Å². The predicted octanol–water partition coefficient (Wildman–Crippen LogP) is 3.14. The first-order valence-corrected chi connectivity index (χ1v) is 7.77. The number of carbonyl (C=O) groups excluding carboxylic acids is 2. The average Bonchev–Trinajstić information content (AvgIpc) is 2.62. The average molecular weight is 349 g/mol. The lowest BCUT2D eigenvalue weighted by Crippen LogP contribution is -2.27. The summed E-state index contributed by atoms with van der Waals surface area (Å²) in [5, 5.41) is 10.2. The molecule has 0 aromatic heterocycles. The van der Waals surface area contributed by atoms with Gasteiger partial charge in [0.1, 0.15) is 5.60 Å². The number of halogens is 1. The molecule has 0 fully saturated rings. The first-order valence-electron chi connectivity index (χ1n) is 7.39. The zero-order chi connectivity index (χ0) is 17.5. The number of hydrazone groups is 1. The number of benzene rings is 1.